The van der Waals surface area contributed by atoms with Crippen LogP contribution in [0.2, 0.25) is 10.2 Å². The highest BCUT2D eigenvalue weighted by Crippen LogP contribution is 2.28. The quantitative estimate of drug-likeness (QED) is 0.819. The Morgan fingerprint density at radius 3 is 2.59 bits per heavy atom. The first-order chi connectivity index (χ1) is 8.04. The average molecular weight is 334 g/mol. The Bertz CT molecular complexity index is 542. The standard InChI is InChI=1S/C10H7BrCl2N4/c11-5-1-2-7(6(12)3-5)15-9-4-8(13)16-10(14)17-9/h1-4H,(H3,14,15,16,17). The largest absolute Gasteiger partial charge is 0.368 e. The van der Waals surface area contributed by atoms with E-state index in [9.17, 15) is 0 Å². The zero-order valence-electron chi connectivity index (χ0n) is 8.42. The Hall–Kier alpha value is -1.04. The molecule has 17 heavy (non-hydrogen) atoms. The minimum Gasteiger partial charge on any atom is -0.368 e. The van der Waals surface area contributed by atoms with Gasteiger partial charge < -0.3 is 11.1 Å². The molecule has 88 valence electrons. The van der Waals surface area contributed by atoms with E-state index in [-0.39, 0.29) is 11.1 Å². The van der Waals surface area contributed by atoms with Crippen molar-refractivity contribution in [2.45, 2.75) is 0 Å². The van der Waals surface area contributed by atoms with Crippen LogP contribution in [-0.4, -0.2) is 9.97 Å². The number of nitrogen functional groups attached to an aromatic ring is 1. The molecule has 0 aliphatic heterocycles. The molecule has 1 heterocycles. The number of anilines is 3. The fourth-order valence-corrected chi connectivity index (χ4v) is 2.14. The molecule has 0 fully saturated rings. The molecule has 2 aromatic rings. The van der Waals surface area contributed by atoms with E-state index in [4.69, 9.17) is 28.9 Å². The van der Waals surface area contributed by atoms with Crippen molar-refractivity contribution in [3.63, 3.8) is 0 Å². The van der Waals surface area contributed by atoms with Crippen molar-refractivity contribution in [1.82, 2.24) is 9.97 Å². The lowest BCUT2D eigenvalue weighted by atomic mass is 10.3. The smallest absolute Gasteiger partial charge is 0.223 e. The molecule has 0 saturated carbocycles. The van der Waals surface area contributed by atoms with Crippen LogP contribution in [0, 0.1) is 0 Å². The Balaban J connectivity index is 2.31. The molecule has 0 spiro atoms. The Morgan fingerprint density at radius 1 is 1.18 bits per heavy atom. The molecule has 0 bridgehead atoms. The second-order valence-corrected chi connectivity index (χ2v) is 4.89. The fourth-order valence-electron chi connectivity index (χ4n) is 1.23. The average Bonchev–Trinajstić information content (AvgIpc) is 2.21. The van der Waals surface area contributed by atoms with Gasteiger partial charge in [-0.3, -0.25) is 0 Å². The summed E-state index contributed by atoms with van der Waals surface area (Å²) in [5, 5.41) is 3.85. The Morgan fingerprint density at radius 2 is 1.94 bits per heavy atom. The lowest BCUT2D eigenvalue weighted by Crippen LogP contribution is -2.00. The van der Waals surface area contributed by atoms with Crippen molar-refractivity contribution >= 4 is 56.6 Å². The monoisotopic (exact) mass is 332 g/mol. The molecule has 0 atom stereocenters. The van der Waals surface area contributed by atoms with Crippen LogP contribution in [0.1, 0.15) is 0 Å². The molecule has 7 heteroatoms. The molecule has 1 aromatic carbocycles. The van der Waals surface area contributed by atoms with Crippen LogP contribution in [0.15, 0.2) is 28.7 Å². The molecule has 0 amide bonds. The molecule has 0 unspecified atom stereocenters. The van der Waals surface area contributed by atoms with Crippen molar-refractivity contribution < 1.29 is 0 Å². The van der Waals surface area contributed by atoms with Gasteiger partial charge in [0.05, 0.1) is 10.7 Å². The molecular weight excluding hydrogens is 327 g/mol. The summed E-state index contributed by atoms with van der Waals surface area (Å²) in [5.41, 5.74) is 6.20. The third-order valence-electron chi connectivity index (χ3n) is 1.91. The predicted molar refractivity (Wildman–Crippen MR) is 73.9 cm³/mol. The highest BCUT2D eigenvalue weighted by molar-refractivity contribution is 9.10. The second kappa shape index (κ2) is 5.08. The molecule has 0 saturated heterocycles. The van der Waals surface area contributed by atoms with Crippen LogP contribution in [0.25, 0.3) is 0 Å². The van der Waals surface area contributed by atoms with Gasteiger partial charge in [-0.2, -0.15) is 4.98 Å². The van der Waals surface area contributed by atoms with E-state index in [0.29, 0.717) is 16.5 Å². The molecule has 3 N–H and O–H groups in total. The number of nitrogens with zero attached hydrogens (tertiary/aromatic N) is 2. The van der Waals surface area contributed by atoms with Gasteiger partial charge in [0.1, 0.15) is 11.0 Å². The van der Waals surface area contributed by atoms with Crippen LogP contribution >= 0.6 is 39.1 Å². The molecular formula is C10H7BrCl2N4. The summed E-state index contributed by atoms with van der Waals surface area (Å²) in [6.07, 6.45) is 0. The van der Waals surface area contributed by atoms with Gasteiger partial charge >= 0.3 is 0 Å². The number of rotatable bonds is 2. The number of aromatic nitrogens is 2. The lowest BCUT2D eigenvalue weighted by Gasteiger charge is -2.08. The van der Waals surface area contributed by atoms with Crippen molar-refractivity contribution in [3.8, 4) is 0 Å². The van der Waals surface area contributed by atoms with Gasteiger partial charge in [-0.25, -0.2) is 4.98 Å². The molecule has 2 rings (SSSR count). The summed E-state index contributed by atoms with van der Waals surface area (Å²) >= 11 is 15.2. The summed E-state index contributed by atoms with van der Waals surface area (Å²) < 4.78 is 0.897. The van der Waals surface area contributed by atoms with E-state index in [2.05, 4.69) is 31.2 Å². The van der Waals surface area contributed by atoms with Gasteiger partial charge in [0, 0.05) is 10.5 Å². The number of hydrogen-bond donors (Lipinski definition) is 2. The van der Waals surface area contributed by atoms with Crippen LogP contribution in [0.3, 0.4) is 0 Å². The van der Waals surface area contributed by atoms with Crippen LogP contribution in [0.4, 0.5) is 17.5 Å². The summed E-state index contributed by atoms with van der Waals surface area (Å²) in [6.45, 7) is 0. The van der Waals surface area contributed by atoms with E-state index in [1.54, 1.807) is 12.1 Å². The third-order valence-corrected chi connectivity index (χ3v) is 2.91. The van der Waals surface area contributed by atoms with E-state index in [0.717, 1.165) is 4.47 Å². The summed E-state index contributed by atoms with van der Waals surface area (Å²) in [7, 11) is 0. The number of benzene rings is 1. The first-order valence-corrected chi connectivity index (χ1v) is 6.11. The molecule has 4 nitrogen and oxygen atoms in total. The Labute approximate surface area is 116 Å². The normalized spacial score (nSPS) is 10.3. The van der Waals surface area contributed by atoms with Crippen molar-refractivity contribution in [2.75, 3.05) is 11.1 Å². The highest BCUT2D eigenvalue weighted by Gasteiger charge is 2.04. The highest BCUT2D eigenvalue weighted by atomic mass is 79.9. The minimum absolute atomic E-state index is 0.105. The molecule has 1 aromatic heterocycles. The number of nitrogens with two attached hydrogens (primary N) is 1. The lowest BCUT2D eigenvalue weighted by molar-refractivity contribution is 1.18. The minimum atomic E-state index is 0.105. The Kier molecular flexibility index (Phi) is 3.71. The van der Waals surface area contributed by atoms with Gasteiger partial charge in [-0.05, 0) is 18.2 Å². The van der Waals surface area contributed by atoms with Crippen LogP contribution < -0.4 is 11.1 Å². The van der Waals surface area contributed by atoms with E-state index >= 15 is 0 Å². The number of hydrogen-bond acceptors (Lipinski definition) is 4. The number of nitrogens with one attached hydrogen (secondary N) is 1. The molecule has 0 radical (unpaired) electrons. The van der Waals surface area contributed by atoms with Gasteiger partial charge in [0.2, 0.25) is 5.95 Å². The van der Waals surface area contributed by atoms with E-state index in [1.807, 2.05) is 12.1 Å². The van der Waals surface area contributed by atoms with E-state index in [1.165, 1.54) is 0 Å². The molecule has 0 aliphatic rings. The predicted octanol–water partition coefficient (Wildman–Crippen LogP) is 3.87. The number of halogens is 3. The zero-order valence-corrected chi connectivity index (χ0v) is 11.5. The van der Waals surface area contributed by atoms with Gasteiger partial charge in [0.25, 0.3) is 0 Å². The van der Waals surface area contributed by atoms with Crippen molar-refractivity contribution in [2.24, 2.45) is 0 Å². The topological polar surface area (TPSA) is 63.8 Å². The van der Waals surface area contributed by atoms with Gasteiger partial charge in [-0.15, -0.1) is 0 Å². The maximum absolute atomic E-state index is 6.06. The maximum Gasteiger partial charge on any atom is 0.223 e. The van der Waals surface area contributed by atoms with Crippen molar-refractivity contribution in [3.05, 3.63) is 38.9 Å². The first kappa shape index (κ1) is 12.4. The summed E-state index contributed by atoms with van der Waals surface area (Å²) in [5.74, 6) is 0.597. The third kappa shape index (κ3) is 3.21. The SMILES string of the molecule is Nc1nc(Cl)cc(Nc2ccc(Br)cc2Cl)n1. The maximum atomic E-state index is 6.06. The zero-order chi connectivity index (χ0) is 12.4. The molecule has 0 aliphatic carbocycles. The van der Waals surface area contributed by atoms with Crippen molar-refractivity contribution in [1.29, 1.82) is 0 Å². The van der Waals surface area contributed by atoms with Crippen LogP contribution in [-0.2, 0) is 0 Å². The fraction of sp³-hybridized carbons (Fsp3) is 0. The summed E-state index contributed by atoms with van der Waals surface area (Å²) in [4.78, 5) is 7.76. The first-order valence-electron chi connectivity index (χ1n) is 4.57. The van der Waals surface area contributed by atoms with E-state index < -0.39 is 0 Å². The van der Waals surface area contributed by atoms with Gasteiger partial charge in [-0.1, -0.05) is 39.1 Å². The second-order valence-electron chi connectivity index (χ2n) is 3.18. The summed E-state index contributed by atoms with van der Waals surface area (Å²) in [6, 6.07) is 7.02. The van der Waals surface area contributed by atoms with Gasteiger partial charge in [0.15, 0.2) is 0 Å². The van der Waals surface area contributed by atoms with Crippen LogP contribution in [0.5, 0.6) is 0 Å².